The lowest BCUT2D eigenvalue weighted by atomic mass is 10.1. The molecule has 0 aliphatic heterocycles. The van der Waals surface area contributed by atoms with E-state index < -0.39 is 0 Å². The van der Waals surface area contributed by atoms with Crippen LogP contribution in [-0.2, 0) is 6.54 Å². The first kappa shape index (κ1) is 13.5. The maximum Gasteiger partial charge on any atom is 0.164 e. The standard InChI is InChI=1S/C17H19NOS/c19-17(15-4-2-1-3-5-15)8-10-18(16-6-7-16)12-14-9-11-20-13-14/h1-5,9,11,13,16H,6-8,10,12H2. The smallest absolute Gasteiger partial charge is 0.164 e. The number of ketones is 1. The SMILES string of the molecule is O=C(CCN(Cc1ccsc1)C1CC1)c1ccccc1. The summed E-state index contributed by atoms with van der Waals surface area (Å²) in [6.07, 6.45) is 3.18. The molecule has 104 valence electrons. The first-order valence-electron chi connectivity index (χ1n) is 7.16. The Kier molecular flexibility index (Phi) is 4.28. The Labute approximate surface area is 124 Å². The highest BCUT2D eigenvalue weighted by molar-refractivity contribution is 7.07. The molecule has 1 heterocycles. The van der Waals surface area contributed by atoms with Gasteiger partial charge in [-0.1, -0.05) is 30.3 Å². The van der Waals surface area contributed by atoms with Gasteiger partial charge < -0.3 is 0 Å². The van der Waals surface area contributed by atoms with Crippen molar-refractivity contribution < 1.29 is 4.79 Å². The molecule has 0 amide bonds. The monoisotopic (exact) mass is 285 g/mol. The summed E-state index contributed by atoms with van der Waals surface area (Å²) >= 11 is 1.74. The van der Waals surface area contributed by atoms with Gasteiger partial charge in [-0.2, -0.15) is 11.3 Å². The summed E-state index contributed by atoms with van der Waals surface area (Å²) in [6.45, 7) is 1.85. The highest BCUT2D eigenvalue weighted by atomic mass is 32.1. The van der Waals surface area contributed by atoms with E-state index in [4.69, 9.17) is 0 Å². The Morgan fingerprint density at radius 1 is 1.20 bits per heavy atom. The number of hydrogen-bond acceptors (Lipinski definition) is 3. The van der Waals surface area contributed by atoms with Crippen LogP contribution in [0.3, 0.4) is 0 Å². The number of carbonyl (C=O) groups excluding carboxylic acids is 1. The molecule has 3 rings (SSSR count). The van der Waals surface area contributed by atoms with E-state index in [1.807, 2.05) is 30.3 Å². The van der Waals surface area contributed by atoms with Gasteiger partial charge in [0.05, 0.1) is 0 Å². The lowest BCUT2D eigenvalue weighted by Gasteiger charge is -2.21. The Morgan fingerprint density at radius 2 is 2.00 bits per heavy atom. The molecule has 1 aromatic heterocycles. The molecule has 0 spiro atoms. The number of benzene rings is 1. The third-order valence-corrected chi connectivity index (χ3v) is 4.48. The molecule has 0 atom stereocenters. The zero-order valence-corrected chi connectivity index (χ0v) is 12.3. The van der Waals surface area contributed by atoms with E-state index in [9.17, 15) is 4.79 Å². The zero-order chi connectivity index (χ0) is 13.8. The summed E-state index contributed by atoms with van der Waals surface area (Å²) in [5.41, 5.74) is 2.20. The molecule has 1 aliphatic rings. The molecule has 1 saturated carbocycles. The summed E-state index contributed by atoms with van der Waals surface area (Å²) in [7, 11) is 0. The number of nitrogens with zero attached hydrogens (tertiary/aromatic N) is 1. The summed E-state index contributed by atoms with van der Waals surface area (Å²) < 4.78 is 0. The Morgan fingerprint density at radius 3 is 2.65 bits per heavy atom. The molecular weight excluding hydrogens is 266 g/mol. The topological polar surface area (TPSA) is 20.3 Å². The zero-order valence-electron chi connectivity index (χ0n) is 11.5. The van der Waals surface area contributed by atoms with Gasteiger partial charge in [0.2, 0.25) is 0 Å². The first-order valence-corrected chi connectivity index (χ1v) is 8.10. The van der Waals surface area contributed by atoms with E-state index >= 15 is 0 Å². The van der Waals surface area contributed by atoms with Crippen LogP contribution in [0.5, 0.6) is 0 Å². The fourth-order valence-corrected chi connectivity index (χ4v) is 3.12. The normalized spacial score (nSPS) is 14.7. The number of thiophene rings is 1. The van der Waals surface area contributed by atoms with Crippen LogP contribution in [0.15, 0.2) is 47.2 Å². The number of carbonyl (C=O) groups is 1. The fraction of sp³-hybridized carbons (Fsp3) is 0.353. The Bertz CT molecular complexity index is 546. The van der Waals surface area contributed by atoms with Crippen LogP contribution in [0.25, 0.3) is 0 Å². The lowest BCUT2D eigenvalue weighted by Crippen LogP contribution is -2.28. The fourth-order valence-electron chi connectivity index (χ4n) is 2.46. The predicted octanol–water partition coefficient (Wildman–Crippen LogP) is 3.99. The van der Waals surface area contributed by atoms with E-state index in [1.165, 1.54) is 18.4 Å². The van der Waals surface area contributed by atoms with Crippen LogP contribution in [0, 0.1) is 0 Å². The van der Waals surface area contributed by atoms with Crippen LogP contribution in [0.1, 0.15) is 35.2 Å². The van der Waals surface area contributed by atoms with E-state index in [-0.39, 0.29) is 5.78 Å². The molecule has 20 heavy (non-hydrogen) atoms. The minimum absolute atomic E-state index is 0.251. The van der Waals surface area contributed by atoms with Gasteiger partial charge in [0, 0.05) is 31.1 Å². The highest BCUT2D eigenvalue weighted by Crippen LogP contribution is 2.29. The van der Waals surface area contributed by atoms with Crippen molar-refractivity contribution in [3.05, 3.63) is 58.3 Å². The molecule has 0 saturated heterocycles. The third-order valence-electron chi connectivity index (χ3n) is 3.75. The maximum atomic E-state index is 12.2. The van der Waals surface area contributed by atoms with Gasteiger partial charge in [0.25, 0.3) is 0 Å². The molecule has 3 heteroatoms. The van der Waals surface area contributed by atoms with Crippen LogP contribution in [0.2, 0.25) is 0 Å². The molecule has 0 unspecified atom stereocenters. The van der Waals surface area contributed by atoms with Gasteiger partial charge >= 0.3 is 0 Å². The third kappa shape index (κ3) is 3.56. The van der Waals surface area contributed by atoms with Crippen molar-refractivity contribution in [2.24, 2.45) is 0 Å². The average molecular weight is 285 g/mol. The molecular formula is C17H19NOS. The summed E-state index contributed by atoms with van der Waals surface area (Å²) in [5.74, 6) is 0.251. The van der Waals surface area contributed by atoms with Crippen molar-refractivity contribution >= 4 is 17.1 Å². The van der Waals surface area contributed by atoms with Gasteiger partial charge in [0.15, 0.2) is 5.78 Å². The van der Waals surface area contributed by atoms with Crippen LogP contribution in [-0.4, -0.2) is 23.3 Å². The number of hydrogen-bond donors (Lipinski definition) is 0. The minimum Gasteiger partial charge on any atom is -0.296 e. The average Bonchev–Trinajstić information content (AvgIpc) is 3.21. The largest absolute Gasteiger partial charge is 0.296 e. The molecule has 1 aromatic carbocycles. The minimum atomic E-state index is 0.251. The molecule has 0 radical (unpaired) electrons. The van der Waals surface area contributed by atoms with Crippen LogP contribution < -0.4 is 0 Å². The molecule has 0 N–H and O–H groups in total. The van der Waals surface area contributed by atoms with Crippen molar-refractivity contribution in [1.82, 2.24) is 4.90 Å². The van der Waals surface area contributed by atoms with Gasteiger partial charge in [-0.3, -0.25) is 9.69 Å². The quantitative estimate of drug-likeness (QED) is 0.717. The second-order valence-electron chi connectivity index (χ2n) is 5.37. The van der Waals surface area contributed by atoms with E-state index in [2.05, 4.69) is 21.7 Å². The van der Waals surface area contributed by atoms with Crippen molar-refractivity contribution in [2.45, 2.75) is 31.8 Å². The van der Waals surface area contributed by atoms with Crippen LogP contribution in [0.4, 0.5) is 0 Å². The van der Waals surface area contributed by atoms with Crippen molar-refractivity contribution in [1.29, 1.82) is 0 Å². The number of Topliss-reactive ketones (excluding diaryl/α,β-unsaturated/α-hetero) is 1. The van der Waals surface area contributed by atoms with Gasteiger partial charge in [-0.05, 0) is 35.2 Å². The summed E-state index contributed by atoms with van der Waals surface area (Å²) in [4.78, 5) is 14.6. The molecule has 1 fully saturated rings. The summed E-state index contributed by atoms with van der Waals surface area (Å²) in [5, 5.41) is 4.32. The van der Waals surface area contributed by atoms with Crippen molar-refractivity contribution in [3.63, 3.8) is 0 Å². The molecule has 2 aromatic rings. The molecule has 0 bridgehead atoms. The van der Waals surface area contributed by atoms with Crippen molar-refractivity contribution in [3.8, 4) is 0 Å². The van der Waals surface area contributed by atoms with E-state index in [0.717, 1.165) is 18.7 Å². The second kappa shape index (κ2) is 6.33. The highest BCUT2D eigenvalue weighted by Gasteiger charge is 2.29. The Hall–Kier alpha value is -1.45. The number of rotatable bonds is 7. The summed E-state index contributed by atoms with van der Waals surface area (Å²) in [6, 6.07) is 12.5. The van der Waals surface area contributed by atoms with Crippen molar-refractivity contribution in [2.75, 3.05) is 6.54 Å². The Balaban J connectivity index is 1.56. The molecule has 2 nitrogen and oxygen atoms in total. The van der Waals surface area contributed by atoms with E-state index in [0.29, 0.717) is 12.5 Å². The molecule has 1 aliphatic carbocycles. The lowest BCUT2D eigenvalue weighted by molar-refractivity contribution is 0.0960. The van der Waals surface area contributed by atoms with Gasteiger partial charge in [-0.25, -0.2) is 0 Å². The van der Waals surface area contributed by atoms with Gasteiger partial charge in [0.1, 0.15) is 0 Å². The second-order valence-corrected chi connectivity index (χ2v) is 6.15. The van der Waals surface area contributed by atoms with Crippen LogP contribution >= 0.6 is 11.3 Å². The predicted molar refractivity (Wildman–Crippen MR) is 83.1 cm³/mol. The first-order chi connectivity index (χ1) is 9.83. The van der Waals surface area contributed by atoms with Gasteiger partial charge in [-0.15, -0.1) is 0 Å². The maximum absolute atomic E-state index is 12.2. The van der Waals surface area contributed by atoms with E-state index in [1.54, 1.807) is 11.3 Å².